The van der Waals surface area contributed by atoms with Gasteiger partial charge < -0.3 is 0 Å². The molecule has 0 unspecified atom stereocenters. The van der Waals surface area contributed by atoms with Crippen molar-refractivity contribution in [2.24, 2.45) is 0 Å². The third-order valence-electron chi connectivity index (χ3n) is 5.83. The Bertz CT molecular complexity index is 1210. The van der Waals surface area contributed by atoms with Gasteiger partial charge in [-0.2, -0.15) is 0 Å². The van der Waals surface area contributed by atoms with Crippen LogP contribution in [0.5, 0.6) is 0 Å². The molecule has 0 N–H and O–H groups in total. The molecule has 4 aromatic rings. The Hall–Kier alpha value is -2.74. The van der Waals surface area contributed by atoms with Gasteiger partial charge in [-0.25, -0.2) is 9.97 Å². The zero-order chi connectivity index (χ0) is 18.8. The molecule has 0 saturated heterocycles. The minimum absolute atomic E-state index is 0.0362. The zero-order valence-electron chi connectivity index (χ0n) is 16.4. The Kier molecular flexibility index (Phi) is 3.42. The van der Waals surface area contributed by atoms with E-state index < -0.39 is 0 Å². The van der Waals surface area contributed by atoms with E-state index in [0.717, 1.165) is 24.4 Å². The lowest BCUT2D eigenvalue weighted by Gasteiger charge is -2.26. The van der Waals surface area contributed by atoms with Crippen LogP contribution in [0.25, 0.3) is 21.5 Å². The van der Waals surface area contributed by atoms with Gasteiger partial charge in [0.2, 0.25) is 0 Å². The third-order valence-corrected chi connectivity index (χ3v) is 5.83. The highest BCUT2D eigenvalue weighted by atomic mass is 14.9. The summed E-state index contributed by atoms with van der Waals surface area (Å²) in [5.74, 6) is 0.951. The van der Waals surface area contributed by atoms with E-state index in [1.807, 2.05) is 0 Å². The number of hydrogen-bond donors (Lipinski definition) is 0. The molecule has 0 fully saturated rings. The van der Waals surface area contributed by atoms with Crippen LogP contribution in [0.1, 0.15) is 54.7 Å². The lowest BCUT2D eigenvalue weighted by Crippen LogP contribution is -2.22. The predicted molar refractivity (Wildman–Crippen MR) is 113 cm³/mol. The maximum Gasteiger partial charge on any atom is 0.134 e. The molecule has 2 nitrogen and oxygen atoms in total. The predicted octanol–water partition coefficient (Wildman–Crippen LogP) is 5.88. The van der Waals surface area contributed by atoms with E-state index >= 15 is 0 Å². The van der Waals surface area contributed by atoms with Crippen molar-refractivity contribution in [2.45, 2.75) is 46.0 Å². The van der Waals surface area contributed by atoms with Crippen molar-refractivity contribution in [3.05, 3.63) is 82.4 Å². The highest BCUT2D eigenvalue weighted by Crippen LogP contribution is 2.39. The van der Waals surface area contributed by atoms with Crippen LogP contribution in [0.2, 0.25) is 0 Å². The van der Waals surface area contributed by atoms with Crippen molar-refractivity contribution in [3.8, 4) is 0 Å². The largest absolute Gasteiger partial charge is 0.237 e. The first-order valence-corrected chi connectivity index (χ1v) is 9.71. The molecule has 5 rings (SSSR count). The van der Waals surface area contributed by atoms with Crippen molar-refractivity contribution < 1.29 is 0 Å². The fourth-order valence-electron chi connectivity index (χ4n) is 4.40. The number of fused-ring (bicyclic) bond motifs is 7. The maximum absolute atomic E-state index is 5.02. The molecule has 0 atom stereocenters. The van der Waals surface area contributed by atoms with Crippen LogP contribution in [0, 0.1) is 6.92 Å². The van der Waals surface area contributed by atoms with Gasteiger partial charge in [0.15, 0.2) is 0 Å². The van der Waals surface area contributed by atoms with Crippen LogP contribution in [0.15, 0.2) is 48.5 Å². The first kappa shape index (κ1) is 16.4. The van der Waals surface area contributed by atoms with Gasteiger partial charge >= 0.3 is 0 Å². The van der Waals surface area contributed by atoms with E-state index in [4.69, 9.17) is 9.97 Å². The topological polar surface area (TPSA) is 25.8 Å². The fourth-order valence-corrected chi connectivity index (χ4v) is 4.40. The van der Waals surface area contributed by atoms with Crippen LogP contribution in [-0.2, 0) is 18.3 Å². The molecule has 0 aliphatic heterocycles. The Morgan fingerprint density at radius 2 is 1.19 bits per heavy atom. The van der Waals surface area contributed by atoms with Gasteiger partial charge in [-0.3, -0.25) is 0 Å². The first-order valence-electron chi connectivity index (χ1n) is 9.71. The molecule has 0 spiro atoms. The summed E-state index contributed by atoms with van der Waals surface area (Å²) < 4.78 is 0. The maximum atomic E-state index is 5.02. The van der Waals surface area contributed by atoms with Crippen LogP contribution in [0.3, 0.4) is 0 Å². The monoisotopic (exact) mass is 352 g/mol. The second kappa shape index (κ2) is 5.63. The van der Waals surface area contributed by atoms with Gasteiger partial charge in [0.05, 0.1) is 5.69 Å². The number of hydrogen-bond acceptors (Lipinski definition) is 2. The molecule has 0 bridgehead atoms. The molecule has 1 aromatic heterocycles. The summed E-state index contributed by atoms with van der Waals surface area (Å²) in [6.45, 7) is 8.71. The molecule has 0 amide bonds. The summed E-state index contributed by atoms with van der Waals surface area (Å²) in [7, 11) is 0. The molecular weight excluding hydrogens is 328 g/mol. The van der Waals surface area contributed by atoms with E-state index in [2.05, 4.69) is 76.2 Å². The quantitative estimate of drug-likeness (QED) is 0.325. The van der Waals surface area contributed by atoms with Crippen LogP contribution in [-0.4, -0.2) is 9.97 Å². The highest BCUT2D eigenvalue weighted by Gasteiger charge is 2.26. The van der Waals surface area contributed by atoms with E-state index in [1.54, 1.807) is 0 Å². The summed E-state index contributed by atoms with van der Waals surface area (Å²) in [6, 6.07) is 17.6. The fraction of sp³-hybridized carbons (Fsp3) is 0.280. The van der Waals surface area contributed by atoms with Crippen molar-refractivity contribution >= 4 is 21.5 Å². The standard InChI is InChI=1S/C25H24N2/c1-15-20-13-21-18-11-7-5-9-16(18)17-10-6-8-12-19(17)22(21)14-23(20)27-24(26-15)25(2,3)4/h5-12H,13-14H2,1-4H3. The van der Waals surface area contributed by atoms with E-state index in [9.17, 15) is 0 Å². The second-order valence-electron chi connectivity index (χ2n) is 8.71. The second-order valence-corrected chi connectivity index (χ2v) is 8.71. The van der Waals surface area contributed by atoms with Gasteiger partial charge in [-0.05, 0) is 45.2 Å². The summed E-state index contributed by atoms with van der Waals surface area (Å²) in [6.07, 6.45) is 1.81. The van der Waals surface area contributed by atoms with Crippen LogP contribution < -0.4 is 0 Å². The van der Waals surface area contributed by atoms with Gasteiger partial charge in [0, 0.05) is 24.0 Å². The molecule has 134 valence electrons. The summed E-state index contributed by atoms with van der Waals surface area (Å²) in [4.78, 5) is 9.88. The minimum Gasteiger partial charge on any atom is -0.237 e. The van der Waals surface area contributed by atoms with Crippen LogP contribution in [0.4, 0.5) is 0 Å². The molecule has 3 aromatic carbocycles. The molecule has 0 saturated carbocycles. The molecule has 1 heterocycles. The normalized spacial score (nSPS) is 13.6. The third kappa shape index (κ3) is 2.47. The molecule has 1 aliphatic carbocycles. The highest BCUT2D eigenvalue weighted by molar-refractivity contribution is 6.11. The van der Waals surface area contributed by atoms with Crippen molar-refractivity contribution in [1.29, 1.82) is 0 Å². The summed E-state index contributed by atoms with van der Waals surface area (Å²) in [5, 5.41) is 5.43. The van der Waals surface area contributed by atoms with Gasteiger partial charge in [0.25, 0.3) is 0 Å². The minimum atomic E-state index is -0.0362. The lowest BCUT2D eigenvalue weighted by atomic mass is 9.81. The summed E-state index contributed by atoms with van der Waals surface area (Å²) in [5.41, 5.74) is 6.51. The van der Waals surface area contributed by atoms with Gasteiger partial charge in [-0.1, -0.05) is 69.3 Å². The number of nitrogens with zero attached hydrogens (tertiary/aromatic N) is 2. The molecule has 27 heavy (non-hydrogen) atoms. The lowest BCUT2D eigenvalue weighted by molar-refractivity contribution is 0.537. The van der Waals surface area contributed by atoms with E-state index in [1.165, 1.54) is 43.9 Å². The average molecular weight is 352 g/mol. The Balaban J connectivity index is 1.82. The first-order chi connectivity index (χ1) is 12.9. The van der Waals surface area contributed by atoms with Crippen molar-refractivity contribution in [3.63, 3.8) is 0 Å². The molecule has 1 aliphatic rings. The number of rotatable bonds is 0. The van der Waals surface area contributed by atoms with Crippen LogP contribution >= 0.6 is 0 Å². The summed E-state index contributed by atoms with van der Waals surface area (Å²) >= 11 is 0. The van der Waals surface area contributed by atoms with Crippen molar-refractivity contribution in [1.82, 2.24) is 9.97 Å². The van der Waals surface area contributed by atoms with E-state index in [0.29, 0.717) is 0 Å². The Morgan fingerprint density at radius 1 is 0.667 bits per heavy atom. The molecule has 0 radical (unpaired) electrons. The molecular formula is C25H24N2. The number of aromatic nitrogens is 2. The number of aryl methyl sites for hydroxylation is 1. The van der Waals surface area contributed by atoms with Gasteiger partial charge in [-0.15, -0.1) is 0 Å². The number of benzene rings is 3. The molecule has 2 heteroatoms. The average Bonchev–Trinajstić information content (AvgIpc) is 2.66. The SMILES string of the molecule is Cc1nc(C(C)(C)C)nc2c1Cc1c(c3ccccc3c3ccccc13)C2. The van der Waals surface area contributed by atoms with Gasteiger partial charge in [0.1, 0.15) is 5.82 Å². The zero-order valence-corrected chi connectivity index (χ0v) is 16.4. The van der Waals surface area contributed by atoms with Crippen molar-refractivity contribution in [2.75, 3.05) is 0 Å². The Morgan fingerprint density at radius 3 is 1.74 bits per heavy atom. The van der Waals surface area contributed by atoms with E-state index in [-0.39, 0.29) is 5.41 Å². The Labute approximate surface area is 160 Å². The smallest absolute Gasteiger partial charge is 0.134 e.